The van der Waals surface area contributed by atoms with Crippen LogP contribution in [0.5, 0.6) is 0 Å². The number of nitrogens with one attached hydrogen (secondary N) is 1. The van der Waals surface area contributed by atoms with Crippen molar-refractivity contribution in [3.05, 3.63) is 59.4 Å². The molecule has 0 aliphatic rings. The van der Waals surface area contributed by atoms with Crippen LogP contribution in [0.25, 0.3) is 12.2 Å². The Morgan fingerprint density at radius 3 is 2.50 bits per heavy atom. The lowest BCUT2D eigenvalue weighted by molar-refractivity contribution is -0.105. The molecule has 0 unspecified atom stereocenters. The third-order valence-electron chi connectivity index (χ3n) is 2.49. The average Bonchev–Trinajstić information content (AvgIpc) is 2.38. The molecule has 1 aromatic carbocycles. The van der Waals surface area contributed by atoms with E-state index in [0.717, 1.165) is 22.6 Å². The Morgan fingerprint density at radius 1 is 1.06 bits per heavy atom. The summed E-state index contributed by atoms with van der Waals surface area (Å²) in [4.78, 5) is 14.7. The Morgan fingerprint density at radius 2 is 1.83 bits per heavy atom. The van der Waals surface area contributed by atoms with Gasteiger partial charge in [0.2, 0.25) is 6.41 Å². The molecule has 0 atom stereocenters. The summed E-state index contributed by atoms with van der Waals surface area (Å²) in [6, 6.07) is 13.5. The molecule has 18 heavy (non-hydrogen) atoms. The first-order valence-electron chi connectivity index (χ1n) is 5.70. The molecule has 3 nitrogen and oxygen atoms in total. The number of carbonyl (C=O) groups excluding carboxylic acids is 1. The van der Waals surface area contributed by atoms with Gasteiger partial charge in [0.1, 0.15) is 0 Å². The molecular weight excluding hydrogens is 224 g/mol. The van der Waals surface area contributed by atoms with Gasteiger partial charge in [-0.15, -0.1) is 0 Å². The van der Waals surface area contributed by atoms with Crippen molar-refractivity contribution < 1.29 is 4.79 Å². The summed E-state index contributed by atoms with van der Waals surface area (Å²) in [6.07, 6.45) is 4.63. The quantitative estimate of drug-likeness (QED) is 0.831. The third-order valence-corrected chi connectivity index (χ3v) is 2.49. The predicted octanol–water partition coefficient (Wildman–Crippen LogP) is 3.13. The summed E-state index contributed by atoms with van der Waals surface area (Å²) in [5, 5.41) is 2.60. The second-order valence-electron chi connectivity index (χ2n) is 3.92. The molecule has 2 aromatic rings. The Balaban J connectivity index is 2.11. The molecule has 3 heteroatoms. The van der Waals surface area contributed by atoms with E-state index in [1.54, 1.807) is 0 Å². The van der Waals surface area contributed by atoms with Gasteiger partial charge in [0.15, 0.2) is 0 Å². The second-order valence-corrected chi connectivity index (χ2v) is 3.92. The standard InChI is InChI=1S/C15H14N2O/c1-12-3-2-4-15(17-12)10-7-13-5-8-14(9-6-13)16-11-18/h2-11H,1H3,(H,16,18). The molecule has 90 valence electrons. The predicted molar refractivity (Wildman–Crippen MR) is 74.0 cm³/mol. The molecule has 0 aliphatic heterocycles. The number of nitrogens with zero attached hydrogens (tertiary/aromatic N) is 1. The smallest absolute Gasteiger partial charge is 0.211 e. The van der Waals surface area contributed by atoms with Crippen molar-refractivity contribution in [3.63, 3.8) is 0 Å². The molecule has 0 aliphatic carbocycles. The zero-order chi connectivity index (χ0) is 12.8. The van der Waals surface area contributed by atoms with E-state index in [1.165, 1.54) is 0 Å². The summed E-state index contributed by atoms with van der Waals surface area (Å²) < 4.78 is 0. The van der Waals surface area contributed by atoms with Crippen LogP contribution in [-0.2, 0) is 4.79 Å². The van der Waals surface area contributed by atoms with E-state index in [0.29, 0.717) is 6.41 Å². The number of carbonyl (C=O) groups is 1. The maximum atomic E-state index is 10.3. The molecule has 1 amide bonds. The molecule has 0 fully saturated rings. The van der Waals surface area contributed by atoms with Crippen LogP contribution in [0.4, 0.5) is 5.69 Å². The van der Waals surface area contributed by atoms with E-state index in [2.05, 4.69) is 10.3 Å². The van der Waals surface area contributed by atoms with Crippen LogP contribution in [0.2, 0.25) is 0 Å². The van der Waals surface area contributed by atoms with Crippen LogP contribution in [0.1, 0.15) is 17.0 Å². The molecule has 1 aromatic heterocycles. The summed E-state index contributed by atoms with van der Waals surface area (Å²) in [5.41, 5.74) is 3.79. The van der Waals surface area contributed by atoms with Crippen LogP contribution >= 0.6 is 0 Å². The first-order chi connectivity index (χ1) is 8.78. The van der Waals surface area contributed by atoms with Crippen LogP contribution in [0.3, 0.4) is 0 Å². The number of pyridine rings is 1. The molecule has 1 heterocycles. The fourth-order valence-corrected chi connectivity index (χ4v) is 1.60. The van der Waals surface area contributed by atoms with Gasteiger partial charge in [-0.3, -0.25) is 9.78 Å². The van der Waals surface area contributed by atoms with Gasteiger partial charge in [0, 0.05) is 11.4 Å². The lowest BCUT2D eigenvalue weighted by Gasteiger charge is -1.99. The summed E-state index contributed by atoms with van der Waals surface area (Å²) >= 11 is 0. The van der Waals surface area contributed by atoms with Crippen LogP contribution in [0, 0.1) is 6.92 Å². The van der Waals surface area contributed by atoms with E-state index in [-0.39, 0.29) is 0 Å². The van der Waals surface area contributed by atoms with Crippen LogP contribution in [0.15, 0.2) is 42.5 Å². The maximum absolute atomic E-state index is 10.3. The van der Waals surface area contributed by atoms with Crippen LogP contribution in [-0.4, -0.2) is 11.4 Å². The highest BCUT2D eigenvalue weighted by atomic mass is 16.1. The van der Waals surface area contributed by atoms with E-state index >= 15 is 0 Å². The minimum atomic E-state index is 0.668. The Bertz CT molecular complexity index is 559. The molecule has 0 bridgehead atoms. The molecule has 1 N–H and O–H groups in total. The second kappa shape index (κ2) is 5.77. The van der Waals surface area contributed by atoms with Crippen molar-refractivity contribution in [2.24, 2.45) is 0 Å². The van der Waals surface area contributed by atoms with Gasteiger partial charge >= 0.3 is 0 Å². The van der Waals surface area contributed by atoms with Gasteiger partial charge in [-0.25, -0.2) is 0 Å². The number of amides is 1. The highest BCUT2D eigenvalue weighted by Crippen LogP contribution is 2.11. The van der Waals surface area contributed by atoms with Gasteiger partial charge in [0.25, 0.3) is 0 Å². The molecule has 0 saturated carbocycles. The molecular formula is C15H14N2O. The highest BCUT2D eigenvalue weighted by Gasteiger charge is 1.92. The molecule has 0 spiro atoms. The van der Waals surface area contributed by atoms with Crippen molar-refractivity contribution in [2.75, 3.05) is 5.32 Å². The van der Waals surface area contributed by atoms with Crippen molar-refractivity contribution in [1.29, 1.82) is 0 Å². The van der Waals surface area contributed by atoms with E-state index < -0.39 is 0 Å². The number of rotatable bonds is 4. The summed E-state index contributed by atoms with van der Waals surface area (Å²) in [5.74, 6) is 0. The van der Waals surface area contributed by atoms with Crippen molar-refractivity contribution >= 4 is 24.2 Å². The first-order valence-corrected chi connectivity index (χ1v) is 5.70. The molecule has 0 saturated heterocycles. The monoisotopic (exact) mass is 238 g/mol. The zero-order valence-electron chi connectivity index (χ0n) is 10.1. The number of aryl methyl sites for hydroxylation is 1. The Hall–Kier alpha value is -2.42. The Labute approximate surface area is 106 Å². The molecule has 2 rings (SSSR count). The van der Waals surface area contributed by atoms with Crippen molar-refractivity contribution in [3.8, 4) is 0 Å². The average molecular weight is 238 g/mol. The van der Waals surface area contributed by atoms with E-state index in [9.17, 15) is 4.79 Å². The largest absolute Gasteiger partial charge is 0.329 e. The van der Waals surface area contributed by atoms with Gasteiger partial charge < -0.3 is 5.32 Å². The normalized spacial score (nSPS) is 10.5. The fourth-order valence-electron chi connectivity index (χ4n) is 1.60. The Kier molecular flexibility index (Phi) is 3.86. The number of benzene rings is 1. The fraction of sp³-hybridized carbons (Fsp3) is 0.0667. The highest BCUT2D eigenvalue weighted by molar-refractivity contribution is 5.73. The lowest BCUT2D eigenvalue weighted by Crippen LogP contribution is -1.92. The van der Waals surface area contributed by atoms with Gasteiger partial charge in [-0.2, -0.15) is 0 Å². The zero-order valence-corrected chi connectivity index (χ0v) is 10.1. The number of hydrogen-bond acceptors (Lipinski definition) is 2. The first kappa shape index (κ1) is 12.0. The SMILES string of the molecule is Cc1cccc(C=Cc2ccc(NC=O)cc2)n1. The summed E-state index contributed by atoms with van der Waals surface area (Å²) in [7, 11) is 0. The van der Waals surface area contributed by atoms with Gasteiger partial charge in [0.05, 0.1) is 5.69 Å². The van der Waals surface area contributed by atoms with Crippen molar-refractivity contribution in [1.82, 2.24) is 4.98 Å². The van der Waals surface area contributed by atoms with Crippen molar-refractivity contribution in [2.45, 2.75) is 6.92 Å². The maximum Gasteiger partial charge on any atom is 0.211 e. The minimum Gasteiger partial charge on any atom is -0.329 e. The van der Waals surface area contributed by atoms with E-state index in [4.69, 9.17) is 0 Å². The lowest BCUT2D eigenvalue weighted by atomic mass is 10.2. The molecule has 0 radical (unpaired) electrons. The van der Waals surface area contributed by atoms with Gasteiger partial charge in [-0.05, 0) is 42.8 Å². The van der Waals surface area contributed by atoms with Gasteiger partial charge in [-0.1, -0.05) is 24.3 Å². The van der Waals surface area contributed by atoms with Crippen LogP contribution < -0.4 is 5.32 Å². The third kappa shape index (κ3) is 3.28. The number of anilines is 1. The minimum absolute atomic E-state index is 0.668. The summed E-state index contributed by atoms with van der Waals surface area (Å²) in [6.45, 7) is 1.97. The number of hydrogen-bond donors (Lipinski definition) is 1. The number of aromatic nitrogens is 1. The topological polar surface area (TPSA) is 42.0 Å². The van der Waals surface area contributed by atoms with E-state index in [1.807, 2.05) is 61.5 Å².